The van der Waals surface area contributed by atoms with E-state index < -0.39 is 29.5 Å². The van der Waals surface area contributed by atoms with Crippen molar-refractivity contribution in [1.82, 2.24) is 10.6 Å². The molecular weight excluding hydrogens is 410 g/mol. The Morgan fingerprint density at radius 3 is 2.41 bits per heavy atom. The first-order valence-corrected chi connectivity index (χ1v) is 10.9. The number of nitrogens with one attached hydrogen (secondary N) is 2. The highest BCUT2D eigenvalue weighted by molar-refractivity contribution is 5.97. The molecule has 1 aromatic rings. The molecular formula is C24H35N3O5. The van der Waals surface area contributed by atoms with Gasteiger partial charge in [-0.2, -0.15) is 0 Å². The highest BCUT2D eigenvalue weighted by Crippen LogP contribution is 2.31. The number of nitrogens with two attached hydrogens (primary N) is 1. The number of rotatable bonds is 9. The first kappa shape index (κ1) is 25.5. The number of epoxide rings is 1. The second-order valence-corrected chi connectivity index (χ2v) is 8.49. The SMILES string of the molecule is CC(N)C(=O)NCC(=O)NC(CC1=CCCC1)C(=O)C1(C)CO1.COc1ccc(C)cc1. The predicted octanol–water partition coefficient (Wildman–Crippen LogP) is 1.80. The second-order valence-electron chi connectivity index (χ2n) is 8.49. The van der Waals surface area contributed by atoms with Crippen molar-refractivity contribution in [2.75, 3.05) is 20.3 Å². The Hall–Kier alpha value is -2.71. The average Bonchev–Trinajstić information content (AvgIpc) is 3.31. The molecule has 2 amide bonds. The average molecular weight is 446 g/mol. The molecule has 0 aromatic heterocycles. The van der Waals surface area contributed by atoms with Gasteiger partial charge in [-0.15, -0.1) is 0 Å². The van der Waals surface area contributed by atoms with Crippen LogP contribution in [0.3, 0.4) is 0 Å². The summed E-state index contributed by atoms with van der Waals surface area (Å²) in [5, 5.41) is 5.16. The Morgan fingerprint density at radius 1 is 1.25 bits per heavy atom. The van der Waals surface area contributed by atoms with Crippen LogP contribution < -0.4 is 21.1 Å². The lowest BCUT2D eigenvalue weighted by molar-refractivity contribution is -0.131. The van der Waals surface area contributed by atoms with Gasteiger partial charge in [-0.25, -0.2) is 0 Å². The summed E-state index contributed by atoms with van der Waals surface area (Å²) in [6.45, 7) is 5.52. The molecule has 1 aliphatic heterocycles. The van der Waals surface area contributed by atoms with Crippen LogP contribution in [0.5, 0.6) is 5.75 Å². The zero-order chi connectivity index (χ0) is 23.7. The van der Waals surface area contributed by atoms with Crippen molar-refractivity contribution in [2.45, 2.75) is 64.1 Å². The molecule has 0 radical (unpaired) electrons. The molecule has 0 saturated carbocycles. The summed E-state index contributed by atoms with van der Waals surface area (Å²) >= 11 is 0. The number of Topliss-reactive ketones (excluding diaryl/α,β-unsaturated/α-hetero) is 1. The van der Waals surface area contributed by atoms with Gasteiger partial charge in [-0.3, -0.25) is 14.4 Å². The van der Waals surface area contributed by atoms with Crippen LogP contribution in [0.25, 0.3) is 0 Å². The van der Waals surface area contributed by atoms with Gasteiger partial charge in [-0.05, 0) is 58.6 Å². The predicted molar refractivity (Wildman–Crippen MR) is 122 cm³/mol. The van der Waals surface area contributed by atoms with Crippen LogP contribution in [0.4, 0.5) is 0 Å². The van der Waals surface area contributed by atoms with Crippen LogP contribution in [-0.2, 0) is 19.1 Å². The van der Waals surface area contributed by atoms with Crippen LogP contribution in [0.2, 0.25) is 0 Å². The van der Waals surface area contributed by atoms with Crippen molar-refractivity contribution in [3.8, 4) is 5.75 Å². The number of allylic oxidation sites excluding steroid dienone is 1. The van der Waals surface area contributed by atoms with Gasteiger partial charge in [0.15, 0.2) is 5.78 Å². The van der Waals surface area contributed by atoms with Crippen LogP contribution in [0.1, 0.15) is 45.1 Å². The molecule has 3 unspecified atom stereocenters. The molecule has 1 saturated heterocycles. The van der Waals surface area contributed by atoms with Crippen molar-refractivity contribution in [2.24, 2.45) is 5.73 Å². The van der Waals surface area contributed by atoms with Crippen LogP contribution in [0, 0.1) is 6.92 Å². The Labute approximate surface area is 189 Å². The van der Waals surface area contributed by atoms with Gasteiger partial charge in [0, 0.05) is 0 Å². The van der Waals surface area contributed by atoms with E-state index >= 15 is 0 Å². The monoisotopic (exact) mass is 445 g/mol. The van der Waals surface area contributed by atoms with E-state index in [0.29, 0.717) is 13.0 Å². The van der Waals surface area contributed by atoms with Gasteiger partial charge < -0.3 is 25.8 Å². The van der Waals surface area contributed by atoms with E-state index in [-0.39, 0.29) is 12.3 Å². The van der Waals surface area contributed by atoms with Gasteiger partial charge in [0.2, 0.25) is 11.8 Å². The summed E-state index contributed by atoms with van der Waals surface area (Å²) < 4.78 is 10.2. The lowest BCUT2D eigenvalue weighted by Gasteiger charge is -2.20. The lowest BCUT2D eigenvalue weighted by Crippen LogP contribution is -2.50. The fourth-order valence-electron chi connectivity index (χ4n) is 3.26. The minimum atomic E-state index is -0.786. The fourth-order valence-corrected chi connectivity index (χ4v) is 3.26. The van der Waals surface area contributed by atoms with Gasteiger partial charge in [0.05, 0.1) is 32.3 Å². The Morgan fingerprint density at radius 2 is 1.91 bits per heavy atom. The molecule has 1 heterocycles. The summed E-state index contributed by atoms with van der Waals surface area (Å²) in [6.07, 6.45) is 5.69. The van der Waals surface area contributed by atoms with E-state index in [1.54, 1.807) is 14.0 Å². The van der Waals surface area contributed by atoms with E-state index in [4.69, 9.17) is 15.2 Å². The molecule has 8 heteroatoms. The number of hydrogen-bond acceptors (Lipinski definition) is 6. The minimum absolute atomic E-state index is 0.114. The van der Waals surface area contributed by atoms with Gasteiger partial charge in [0.1, 0.15) is 11.4 Å². The first-order chi connectivity index (χ1) is 15.1. The third-order valence-electron chi connectivity index (χ3n) is 5.45. The normalized spacial score (nSPS) is 20.7. The topological polar surface area (TPSA) is 123 Å². The molecule has 8 nitrogen and oxygen atoms in total. The number of carbonyl (C=O) groups excluding carboxylic acids is 3. The molecule has 3 atom stereocenters. The van der Waals surface area contributed by atoms with E-state index in [1.165, 1.54) is 18.1 Å². The van der Waals surface area contributed by atoms with Crippen molar-refractivity contribution in [3.63, 3.8) is 0 Å². The highest BCUT2D eigenvalue weighted by atomic mass is 16.6. The molecule has 4 N–H and O–H groups in total. The Kier molecular flexibility index (Phi) is 9.41. The van der Waals surface area contributed by atoms with Crippen LogP contribution in [0.15, 0.2) is 35.9 Å². The number of ether oxygens (including phenoxy) is 2. The maximum Gasteiger partial charge on any atom is 0.239 e. The molecule has 176 valence electrons. The minimum Gasteiger partial charge on any atom is -0.497 e. The number of ketones is 1. The lowest BCUT2D eigenvalue weighted by atomic mass is 9.94. The van der Waals surface area contributed by atoms with Crippen molar-refractivity contribution in [1.29, 1.82) is 0 Å². The second kappa shape index (κ2) is 11.8. The Balaban J connectivity index is 0.000000336. The van der Waals surface area contributed by atoms with E-state index in [0.717, 1.165) is 25.0 Å². The van der Waals surface area contributed by atoms with Crippen molar-refractivity contribution >= 4 is 17.6 Å². The summed E-state index contributed by atoms with van der Waals surface area (Å²) in [5.74, 6) is -0.00279. The number of hydrogen-bond donors (Lipinski definition) is 3. The maximum atomic E-state index is 12.5. The summed E-state index contributed by atoms with van der Waals surface area (Å²) in [7, 11) is 1.67. The number of benzene rings is 1. The molecule has 1 aromatic carbocycles. The van der Waals surface area contributed by atoms with E-state index in [2.05, 4.69) is 23.6 Å². The van der Waals surface area contributed by atoms with Crippen LogP contribution in [-0.4, -0.2) is 55.5 Å². The standard InChI is InChI=1S/C16H25N3O4.C8H10O/c1-10(17)15(22)18-8-13(20)19-12(7-11-5-3-4-6-11)14(21)16(2)9-23-16;1-7-3-5-8(9-2)6-4-7/h5,10,12H,3-4,6-9,17H2,1-2H3,(H,18,22)(H,19,20);3-6H,1-2H3. The Bertz CT molecular complexity index is 829. The van der Waals surface area contributed by atoms with E-state index in [1.807, 2.05) is 24.3 Å². The van der Waals surface area contributed by atoms with Crippen LogP contribution >= 0.6 is 0 Å². The molecule has 0 bridgehead atoms. The summed E-state index contributed by atoms with van der Waals surface area (Å²) in [4.78, 5) is 36.0. The summed E-state index contributed by atoms with van der Waals surface area (Å²) in [5.41, 5.74) is 7.09. The molecule has 3 rings (SSSR count). The van der Waals surface area contributed by atoms with E-state index in [9.17, 15) is 14.4 Å². The smallest absolute Gasteiger partial charge is 0.239 e. The van der Waals surface area contributed by atoms with Crippen molar-refractivity contribution < 1.29 is 23.9 Å². The van der Waals surface area contributed by atoms with Crippen molar-refractivity contribution in [3.05, 3.63) is 41.5 Å². The third kappa shape index (κ3) is 8.09. The number of methoxy groups -OCH3 is 1. The highest BCUT2D eigenvalue weighted by Gasteiger charge is 2.50. The first-order valence-electron chi connectivity index (χ1n) is 10.9. The van der Waals surface area contributed by atoms with Gasteiger partial charge >= 0.3 is 0 Å². The quantitative estimate of drug-likeness (QED) is 0.393. The largest absolute Gasteiger partial charge is 0.497 e. The molecule has 0 spiro atoms. The molecule has 2 aliphatic rings. The number of amides is 2. The third-order valence-corrected chi connectivity index (χ3v) is 5.45. The molecule has 1 fully saturated rings. The van der Waals surface area contributed by atoms with Gasteiger partial charge in [-0.1, -0.05) is 29.3 Å². The molecule has 1 aliphatic carbocycles. The number of carbonyl (C=O) groups is 3. The van der Waals surface area contributed by atoms with Gasteiger partial charge in [0.25, 0.3) is 0 Å². The summed E-state index contributed by atoms with van der Waals surface area (Å²) in [6, 6.07) is 6.66. The zero-order valence-corrected chi connectivity index (χ0v) is 19.4. The number of aryl methyl sites for hydroxylation is 1. The molecule has 32 heavy (non-hydrogen) atoms. The fraction of sp³-hybridized carbons (Fsp3) is 0.542. The zero-order valence-electron chi connectivity index (χ0n) is 19.4. The maximum absolute atomic E-state index is 12.5.